The van der Waals surface area contributed by atoms with E-state index >= 15 is 0 Å². The zero-order chi connectivity index (χ0) is 27.2. The molecule has 0 unspecified atom stereocenters. The van der Waals surface area contributed by atoms with Crippen LogP contribution >= 0.6 is 0 Å². The molecular formula is C21H34N8O7S. The number of likely N-dealkylation sites (N-methyl/N-ethyl adjacent to an activating group) is 1. The summed E-state index contributed by atoms with van der Waals surface area (Å²) in [5, 5.41) is 28.8. The Balaban J connectivity index is 1.51. The van der Waals surface area contributed by atoms with Crippen molar-refractivity contribution >= 4 is 44.6 Å². The van der Waals surface area contributed by atoms with E-state index in [2.05, 4.69) is 30.9 Å². The molecule has 0 saturated carbocycles. The molecule has 206 valence electrons. The molecule has 0 aliphatic carbocycles. The number of carbonyl (C=O) groups excluding carboxylic acids is 2. The third-order valence-electron chi connectivity index (χ3n) is 5.86. The minimum Gasteiger partial charge on any atom is -0.387 e. The Morgan fingerprint density at radius 2 is 1.86 bits per heavy atom. The van der Waals surface area contributed by atoms with Crippen LogP contribution in [0, 0.1) is 0 Å². The second-order valence-electron chi connectivity index (χ2n) is 8.87. The summed E-state index contributed by atoms with van der Waals surface area (Å²) in [5.41, 5.74) is 6.49. The monoisotopic (exact) mass is 542 g/mol. The first-order chi connectivity index (χ1) is 17.5. The van der Waals surface area contributed by atoms with Crippen molar-refractivity contribution in [3.63, 3.8) is 0 Å². The van der Waals surface area contributed by atoms with Crippen LogP contribution in [-0.4, -0.2) is 100 Å². The van der Waals surface area contributed by atoms with Crippen molar-refractivity contribution in [3.05, 3.63) is 6.33 Å². The molecule has 2 aromatic heterocycles. The first-order valence-electron chi connectivity index (χ1n) is 11.9. The van der Waals surface area contributed by atoms with E-state index < -0.39 is 40.3 Å². The molecule has 3 heterocycles. The summed E-state index contributed by atoms with van der Waals surface area (Å²) >= 11 is 0. The van der Waals surface area contributed by atoms with Gasteiger partial charge in [0.15, 0.2) is 23.8 Å². The maximum absolute atomic E-state index is 12.0. The van der Waals surface area contributed by atoms with Gasteiger partial charge in [-0.1, -0.05) is 12.8 Å². The molecule has 2 aromatic rings. The molecule has 1 aliphatic heterocycles. The Hall–Kier alpha value is -3.08. The van der Waals surface area contributed by atoms with Crippen LogP contribution in [-0.2, 0) is 24.2 Å². The fourth-order valence-electron chi connectivity index (χ4n) is 3.92. The van der Waals surface area contributed by atoms with E-state index in [4.69, 9.17) is 10.5 Å². The lowest BCUT2D eigenvalue weighted by molar-refractivity contribution is -0.137. The number of carbonyl (C=O) groups is 2. The smallest absolute Gasteiger partial charge is 0.251 e. The normalized spacial score (nSPS) is 21.7. The number of nitrogens with two attached hydrogens (primary N) is 1. The summed E-state index contributed by atoms with van der Waals surface area (Å²) in [5.74, 6) is -0.305. The average molecular weight is 543 g/mol. The van der Waals surface area contributed by atoms with E-state index in [0.29, 0.717) is 32.4 Å². The topological polar surface area (TPSA) is 224 Å². The summed E-state index contributed by atoms with van der Waals surface area (Å²) < 4.78 is 29.2. The van der Waals surface area contributed by atoms with E-state index in [-0.39, 0.29) is 34.6 Å². The number of anilines is 2. The number of amides is 2. The van der Waals surface area contributed by atoms with Gasteiger partial charge in [-0.2, -0.15) is 9.97 Å². The molecule has 1 saturated heterocycles. The van der Waals surface area contributed by atoms with Crippen molar-refractivity contribution in [1.29, 1.82) is 0 Å². The van der Waals surface area contributed by atoms with Crippen LogP contribution in [0.4, 0.5) is 11.8 Å². The molecule has 0 bridgehead atoms. The Morgan fingerprint density at radius 3 is 2.57 bits per heavy atom. The van der Waals surface area contributed by atoms with E-state index in [0.717, 1.165) is 12.8 Å². The molecule has 1 fully saturated rings. The number of imidazole rings is 1. The zero-order valence-electron chi connectivity index (χ0n) is 20.8. The van der Waals surface area contributed by atoms with Crippen molar-refractivity contribution in [3.8, 4) is 0 Å². The SMILES string of the molecule is CNC(=O)[C@H]1O[C@@H](n2cnc3c(N)nc(NCCNC(=O)CCCCCCS(C)(=O)=O)nc32)[C@H](O)[C@@H]1O. The molecular weight excluding hydrogens is 508 g/mol. The first kappa shape index (κ1) is 28.5. The number of unbranched alkanes of at least 4 members (excludes halogenated alkanes) is 3. The van der Waals surface area contributed by atoms with Crippen molar-refractivity contribution in [2.45, 2.75) is 56.6 Å². The summed E-state index contributed by atoms with van der Waals surface area (Å²) in [7, 11) is -1.55. The molecule has 37 heavy (non-hydrogen) atoms. The molecule has 15 nitrogen and oxygen atoms in total. The van der Waals surface area contributed by atoms with E-state index in [1.165, 1.54) is 24.2 Å². The number of nitrogens with one attached hydrogen (secondary N) is 3. The molecule has 1 aliphatic rings. The number of nitrogen functional groups attached to an aromatic ring is 1. The third kappa shape index (κ3) is 7.47. The van der Waals surface area contributed by atoms with Gasteiger partial charge in [0, 0.05) is 38.6 Å². The fraction of sp³-hybridized carbons (Fsp3) is 0.667. The Kier molecular flexibility index (Phi) is 9.58. The van der Waals surface area contributed by atoms with Crippen LogP contribution in [0.15, 0.2) is 6.33 Å². The van der Waals surface area contributed by atoms with Gasteiger partial charge in [-0.05, 0) is 12.8 Å². The summed E-state index contributed by atoms with van der Waals surface area (Å²) in [6, 6.07) is 0. The van der Waals surface area contributed by atoms with Crippen molar-refractivity contribution < 1.29 is 33.0 Å². The van der Waals surface area contributed by atoms with Crippen molar-refractivity contribution in [1.82, 2.24) is 30.2 Å². The third-order valence-corrected chi connectivity index (χ3v) is 6.90. The van der Waals surface area contributed by atoms with Gasteiger partial charge in [0.2, 0.25) is 11.9 Å². The first-order valence-corrected chi connectivity index (χ1v) is 14.0. The van der Waals surface area contributed by atoms with E-state index in [1.807, 2.05) is 0 Å². The summed E-state index contributed by atoms with van der Waals surface area (Å²) in [4.78, 5) is 36.6. The lowest BCUT2D eigenvalue weighted by atomic mass is 10.1. The predicted molar refractivity (Wildman–Crippen MR) is 134 cm³/mol. The fourth-order valence-corrected chi connectivity index (χ4v) is 4.65. The van der Waals surface area contributed by atoms with Gasteiger partial charge in [0.05, 0.1) is 6.33 Å². The lowest BCUT2D eigenvalue weighted by Gasteiger charge is -2.16. The molecule has 0 radical (unpaired) electrons. The number of nitrogens with zero attached hydrogens (tertiary/aromatic N) is 4. The van der Waals surface area contributed by atoms with Crippen LogP contribution in [0.2, 0.25) is 0 Å². The average Bonchev–Trinajstić information content (AvgIpc) is 3.39. The lowest BCUT2D eigenvalue weighted by Crippen LogP contribution is -2.41. The van der Waals surface area contributed by atoms with Crippen LogP contribution < -0.4 is 21.7 Å². The molecule has 0 aromatic carbocycles. The number of sulfone groups is 1. The molecule has 4 atom stereocenters. The highest BCUT2D eigenvalue weighted by Gasteiger charge is 2.47. The van der Waals surface area contributed by atoms with Crippen molar-refractivity contribution in [2.75, 3.05) is 43.2 Å². The zero-order valence-corrected chi connectivity index (χ0v) is 21.6. The maximum atomic E-state index is 12.0. The van der Waals surface area contributed by atoms with Crippen LogP contribution in [0.5, 0.6) is 0 Å². The summed E-state index contributed by atoms with van der Waals surface area (Å²) in [6.45, 7) is 0.608. The number of aromatic nitrogens is 4. The largest absolute Gasteiger partial charge is 0.387 e. The van der Waals surface area contributed by atoms with Crippen LogP contribution in [0.3, 0.4) is 0 Å². The number of aliphatic hydroxyl groups excluding tert-OH is 2. The summed E-state index contributed by atoms with van der Waals surface area (Å²) in [6.07, 6.45) is 0.433. The van der Waals surface area contributed by atoms with Crippen LogP contribution in [0.1, 0.15) is 38.3 Å². The second kappa shape index (κ2) is 12.4. The highest BCUT2D eigenvalue weighted by Crippen LogP contribution is 2.32. The van der Waals surface area contributed by atoms with Gasteiger partial charge >= 0.3 is 0 Å². The highest BCUT2D eigenvalue weighted by molar-refractivity contribution is 7.90. The highest BCUT2D eigenvalue weighted by atomic mass is 32.2. The Morgan fingerprint density at radius 1 is 1.14 bits per heavy atom. The molecule has 16 heteroatoms. The molecule has 7 N–H and O–H groups in total. The van der Waals surface area contributed by atoms with Crippen molar-refractivity contribution in [2.24, 2.45) is 0 Å². The Bertz CT molecular complexity index is 1200. The Labute approximate surface area is 214 Å². The number of aliphatic hydroxyl groups is 2. The standard InChI is InChI=1S/C21H34N8O7S/c1-23-19(33)16-14(31)15(32)20(36-16)29-11-26-13-17(22)27-21(28-18(13)29)25-9-8-24-12(30)7-5-3-4-6-10-37(2,34)35/h11,14-16,20,31-32H,3-10H2,1-2H3,(H,23,33)(H,24,30)(H3,22,25,27,28)/t14-,15+,16-,20+/m0/s1. The van der Waals surface area contributed by atoms with E-state index in [9.17, 15) is 28.2 Å². The van der Waals surface area contributed by atoms with Gasteiger partial charge in [0.1, 0.15) is 27.6 Å². The predicted octanol–water partition coefficient (Wildman–Crippen LogP) is -1.70. The van der Waals surface area contributed by atoms with E-state index in [1.54, 1.807) is 0 Å². The molecule has 3 rings (SSSR count). The number of fused-ring (bicyclic) bond motifs is 1. The second-order valence-corrected chi connectivity index (χ2v) is 11.1. The van der Waals surface area contributed by atoms with Gasteiger partial charge in [-0.3, -0.25) is 14.2 Å². The quantitative estimate of drug-likeness (QED) is 0.156. The number of hydrogen-bond acceptors (Lipinski definition) is 12. The van der Waals surface area contributed by atoms with Gasteiger partial charge in [-0.15, -0.1) is 0 Å². The molecule has 2 amide bonds. The van der Waals surface area contributed by atoms with Gasteiger partial charge in [-0.25, -0.2) is 13.4 Å². The maximum Gasteiger partial charge on any atom is 0.251 e. The minimum atomic E-state index is -2.95. The minimum absolute atomic E-state index is 0.0713. The van der Waals surface area contributed by atoms with Crippen LogP contribution in [0.25, 0.3) is 11.2 Å². The number of rotatable bonds is 13. The number of ether oxygens (including phenoxy) is 1. The number of hydrogen-bond donors (Lipinski definition) is 6. The molecule has 0 spiro atoms. The van der Waals surface area contributed by atoms with Gasteiger partial charge in [0.25, 0.3) is 5.91 Å². The van der Waals surface area contributed by atoms with Gasteiger partial charge < -0.3 is 36.6 Å².